The molecule has 0 radical (unpaired) electrons. The van der Waals surface area contributed by atoms with Gasteiger partial charge in [0.15, 0.2) is 0 Å². The van der Waals surface area contributed by atoms with Crippen molar-refractivity contribution in [2.45, 2.75) is 47.2 Å². The van der Waals surface area contributed by atoms with Crippen LogP contribution in [0.3, 0.4) is 0 Å². The number of nitrogens with one attached hydrogen (secondary N) is 1. The summed E-state index contributed by atoms with van der Waals surface area (Å²) in [6.45, 7) is 13.0. The Balaban J connectivity index is 2.72. The number of hydrogen-bond donors (Lipinski definition) is 1. The summed E-state index contributed by atoms with van der Waals surface area (Å²) in [5.74, 6) is 1.04. The van der Waals surface area contributed by atoms with Gasteiger partial charge >= 0.3 is 0 Å². The monoisotopic (exact) mass is 249 g/mol. The van der Waals surface area contributed by atoms with Crippen molar-refractivity contribution in [1.82, 2.24) is 10.3 Å². The molecular formula is C15H27N3. The standard InChI is InChI=1S/C15H27N3/c1-7-16-10-13-8-9-14(17-11-13)18(6)12(2)15(3,4)5/h8-9,11-12,16H,7,10H2,1-6H3. The van der Waals surface area contributed by atoms with Crippen molar-refractivity contribution in [3.63, 3.8) is 0 Å². The topological polar surface area (TPSA) is 28.2 Å². The highest BCUT2D eigenvalue weighted by molar-refractivity contribution is 5.39. The van der Waals surface area contributed by atoms with Gasteiger partial charge in [0.05, 0.1) is 0 Å². The van der Waals surface area contributed by atoms with E-state index in [4.69, 9.17) is 0 Å². The van der Waals surface area contributed by atoms with Crippen molar-refractivity contribution in [2.75, 3.05) is 18.5 Å². The van der Waals surface area contributed by atoms with Crippen molar-refractivity contribution in [3.8, 4) is 0 Å². The van der Waals surface area contributed by atoms with Crippen LogP contribution in [0.4, 0.5) is 5.82 Å². The number of aromatic nitrogens is 1. The minimum Gasteiger partial charge on any atom is -0.356 e. The second-order valence-corrected chi connectivity index (χ2v) is 5.96. The van der Waals surface area contributed by atoms with Crippen molar-refractivity contribution < 1.29 is 0 Å². The summed E-state index contributed by atoms with van der Waals surface area (Å²) in [5.41, 5.74) is 1.48. The number of hydrogen-bond acceptors (Lipinski definition) is 3. The zero-order valence-electron chi connectivity index (χ0n) is 12.6. The van der Waals surface area contributed by atoms with Gasteiger partial charge in [-0.2, -0.15) is 0 Å². The van der Waals surface area contributed by atoms with Crippen LogP contribution < -0.4 is 10.2 Å². The summed E-state index contributed by atoms with van der Waals surface area (Å²) in [6.07, 6.45) is 1.96. The van der Waals surface area contributed by atoms with Gasteiger partial charge in [-0.1, -0.05) is 33.8 Å². The molecule has 3 nitrogen and oxygen atoms in total. The van der Waals surface area contributed by atoms with Crippen molar-refractivity contribution in [2.24, 2.45) is 5.41 Å². The van der Waals surface area contributed by atoms with E-state index in [0.717, 1.165) is 18.9 Å². The average Bonchev–Trinajstić information content (AvgIpc) is 2.34. The third kappa shape index (κ3) is 3.98. The molecule has 0 saturated heterocycles. The normalized spacial score (nSPS) is 13.4. The molecule has 1 unspecified atom stereocenters. The predicted octanol–water partition coefficient (Wildman–Crippen LogP) is 3.06. The van der Waals surface area contributed by atoms with Crippen LogP contribution in [0.15, 0.2) is 18.3 Å². The highest BCUT2D eigenvalue weighted by Crippen LogP contribution is 2.26. The molecule has 1 rings (SSSR count). The fourth-order valence-corrected chi connectivity index (χ4v) is 1.78. The van der Waals surface area contributed by atoms with Crippen LogP contribution in [0.5, 0.6) is 0 Å². The van der Waals surface area contributed by atoms with Gasteiger partial charge < -0.3 is 10.2 Å². The summed E-state index contributed by atoms with van der Waals surface area (Å²) >= 11 is 0. The summed E-state index contributed by atoms with van der Waals surface area (Å²) in [7, 11) is 2.11. The maximum Gasteiger partial charge on any atom is 0.128 e. The van der Waals surface area contributed by atoms with E-state index < -0.39 is 0 Å². The lowest BCUT2D eigenvalue weighted by atomic mass is 9.87. The first kappa shape index (κ1) is 15.0. The van der Waals surface area contributed by atoms with Crippen LogP contribution in [0.25, 0.3) is 0 Å². The maximum atomic E-state index is 4.55. The van der Waals surface area contributed by atoms with E-state index in [-0.39, 0.29) is 5.41 Å². The van der Waals surface area contributed by atoms with E-state index in [9.17, 15) is 0 Å². The lowest BCUT2D eigenvalue weighted by molar-refractivity contribution is 0.328. The third-order valence-corrected chi connectivity index (χ3v) is 3.58. The van der Waals surface area contributed by atoms with E-state index in [1.54, 1.807) is 0 Å². The molecule has 0 bridgehead atoms. The number of anilines is 1. The van der Waals surface area contributed by atoms with Crippen LogP contribution in [0, 0.1) is 5.41 Å². The Kier molecular flexibility index (Phi) is 5.15. The summed E-state index contributed by atoms with van der Waals surface area (Å²) in [4.78, 5) is 6.80. The molecule has 0 aliphatic heterocycles. The molecule has 1 N–H and O–H groups in total. The molecule has 0 aliphatic carbocycles. The highest BCUT2D eigenvalue weighted by atomic mass is 15.2. The molecular weight excluding hydrogens is 222 g/mol. The van der Waals surface area contributed by atoms with E-state index in [0.29, 0.717) is 6.04 Å². The molecule has 1 atom stereocenters. The Morgan fingerprint density at radius 3 is 2.44 bits per heavy atom. The molecule has 3 heteroatoms. The van der Waals surface area contributed by atoms with Gasteiger partial charge in [0.25, 0.3) is 0 Å². The summed E-state index contributed by atoms with van der Waals surface area (Å²) < 4.78 is 0. The molecule has 1 aromatic rings. The Morgan fingerprint density at radius 2 is 2.00 bits per heavy atom. The van der Waals surface area contributed by atoms with E-state index in [1.165, 1.54) is 5.56 Å². The fourth-order valence-electron chi connectivity index (χ4n) is 1.78. The van der Waals surface area contributed by atoms with Crippen LogP contribution in [-0.2, 0) is 6.54 Å². The quantitative estimate of drug-likeness (QED) is 0.869. The summed E-state index contributed by atoms with van der Waals surface area (Å²) in [6, 6.07) is 4.70. The number of rotatable bonds is 5. The number of nitrogens with zero attached hydrogens (tertiary/aromatic N) is 2. The summed E-state index contributed by atoms with van der Waals surface area (Å²) in [5, 5.41) is 3.31. The highest BCUT2D eigenvalue weighted by Gasteiger charge is 2.24. The second kappa shape index (κ2) is 6.19. The van der Waals surface area contributed by atoms with Gasteiger partial charge in [0.1, 0.15) is 5.82 Å². The molecule has 0 aromatic carbocycles. The van der Waals surface area contributed by atoms with Crippen LogP contribution in [0.2, 0.25) is 0 Å². The van der Waals surface area contributed by atoms with Gasteiger partial charge in [-0.15, -0.1) is 0 Å². The Labute approximate surface area is 112 Å². The van der Waals surface area contributed by atoms with Gasteiger partial charge in [-0.05, 0) is 30.5 Å². The van der Waals surface area contributed by atoms with Crippen LogP contribution in [0.1, 0.15) is 40.2 Å². The van der Waals surface area contributed by atoms with E-state index in [1.807, 2.05) is 6.20 Å². The first-order chi connectivity index (χ1) is 8.36. The van der Waals surface area contributed by atoms with Gasteiger partial charge in [0, 0.05) is 25.8 Å². The molecule has 0 saturated carbocycles. The second-order valence-electron chi connectivity index (χ2n) is 5.96. The molecule has 18 heavy (non-hydrogen) atoms. The molecule has 0 amide bonds. The zero-order chi connectivity index (χ0) is 13.8. The third-order valence-electron chi connectivity index (χ3n) is 3.58. The molecule has 1 heterocycles. The van der Waals surface area contributed by atoms with Crippen molar-refractivity contribution in [1.29, 1.82) is 0 Å². The van der Waals surface area contributed by atoms with Gasteiger partial charge in [0.2, 0.25) is 0 Å². The Hall–Kier alpha value is -1.09. The van der Waals surface area contributed by atoms with Crippen molar-refractivity contribution in [3.05, 3.63) is 23.9 Å². The molecule has 102 valence electrons. The smallest absolute Gasteiger partial charge is 0.128 e. The zero-order valence-corrected chi connectivity index (χ0v) is 12.6. The lowest BCUT2D eigenvalue weighted by Gasteiger charge is -2.36. The average molecular weight is 249 g/mol. The van der Waals surface area contributed by atoms with Crippen LogP contribution >= 0.6 is 0 Å². The first-order valence-corrected chi connectivity index (χ1v) is 6.74. The molecule has 0 aliphatic rings. The first-order valence-electron chi connectivity index (χ1n) is 6.74. The fraction of sp³-hybridized carbons (Fsp3) is 0.667. The van der Waals surface area contributed by atoms with E-state index in [2.05, 4.69) is 69.0 Å². The minimum atomic E-state index is 0.249. The number of pyridine rings is 1. The van der Waals surface area contributed by atoms with Crippen LogP contribution in [-0.4, -0.2) is 24.6 Å². The Morgan fingerprint density at radius 1 is 1.33 bits per heavy atom. The molecule has 1 aromatic heterocycles. The molecule has 0 fully saturated rings. The van der Waals surface area contributed by atoms with Crippen molar-refractivity contribution >= 4 is 5.82 Å². The Bertz CT molecular complexity index is 351. The largest absolute Gasteiger partial charge is 0.356 e. The maximum absolute atomic E-state index is 4.55. The predicted molar refractivity (Wildman–Crippen MR) is 78.9 cm³/mol. The molecule has 0 spiro atoms. The lowest BCUT2D eigenvalue weighted by Crippen LogP contribution is -2.39. The minimum absolute atomic E-state index is 0.249. The SMILES string of the molecule is CCNCc1ccc(N(C)C(C)C(C)(C)C)nc1. The van der Waals surface area contributed by atoms with E-state index >= 15 is 0 Å². The van der Waals surface area contributed by atoms with Gasteiger partial charge in [-0.3, -0.25) is 0 Å². The van der Waals surface area contributed by atoms with Gasteiger partial charge in [-0.25, -0.2) is 4.98 Å².